The van der Waals surface area contributed by atoms with Crippen molar-refractivity contribution in [2.45, 2.75) is 129 Å². The fourth-order valence-corrected chi connectivity index (χ4v) is 7.77. The number of ketones is 1. The maximum atomic E-state index is 14.0. The molecule has 43 heavy (non-hydrogen) atoms. The van der Waals surface area contributed by atoms with Crippen molar-refractivity contribution in [3.05, 3.63) is 0 Å². The van der Waals surface area contributed by atoms with Crippen LogP contribution in [0.2, 0.25) is 0 Å². The van der Waals surface area contributed by atoms with Crippen LogP contribution >= 0.6 is 0 Å². The van der Waals surface area contributed by atoms with Crippen LogP contribution in [-0.4, -0.2) is 114 Å². The summed E-state index contributed by atoms with van der Waals surface area (Å²) in [4.78, 5) is 42.5. The van der Waals surface area contributed by atoms with Crippen LogP contribution in [0.3, 0.4) is 0 Å². The maximum Gasteiger partial charge on any atom is 0.431 e. The van der Waals surface area contributed by atoms with Crippen LogP contribution in [0.4, 0.5) is 4.79 Å². The van der Waals surface area contributed by atoms with Crippen LogP contribution in [0, 0.1) is 23.7 Å². The van der Waals surface area contributed by atoms with Gasteiger partial charge in [-0.2, -0.15) is 10.1 Å². The van der Waals surface area contributed by atoms with Gasteiger partial charge in [-0.15, -0.1) is 0 Å². The first-order valence-corrected chi connectivity index (χ1v) is 15.6. The largest absolute Gasteiger partial charge is 0.457 e. The van der Waals surface area contributed by atoms with Crippen molar-refractivity contribution < 1.29 is 43.2 Å². The summed E-state index contributed by atoms with van der Waals surface area (Å²) in [5, 5.41) is 17.4. The molecule has 0 aliphatic carbocycles. The first-order chi connectivity index (χ1) is 20.0. The van der Waals surface area contributed by atoms with Crippen molar-refractivity contribution in [3.63, 3.8) is 0 Å². The van der Waals surface area contributed by atoms with E-state index in [0.717, 1.165) is 5.71 Å². The van der Waals surface area contributed by atoms with Crippen LogP contribution in [0.25, 0.3) is 0 Å². The number of likely N-dealkylation sites (N-methyl/N-ethyl adjacent to an activating group) is 1. The summed E-state index contributed by atoms with van der Waals surface area (Å²) in [6.45, 7) is 14.7. The number of ether oxygens (including phenoxy) is 5. The molecule has 244 valence electrons. The normalized spacial score (nSPS) is 46.0. The van der Waals surface area contributed by atoms with E-state index in [1.54, 1.807) is 21.0 Å². The molecule has 3 saturated heterocycles. The number of cyclic esters (lactones) is 1. The lowest BCUT2D eigenvalue weighted by Gasteiger charge is -2.47. The molecule has 0 saturated carbocycles. The number of Topliss-reactive ketones (excluding diaryl/α,β-unsaturated/α-hetero) is 1. The van der Waals surface area contributed by atoms with E-state index in [9.17, 15) is 19.5 Å². The Bertz CT molecular complexity index is 1120. The van der Waals surface area contributed by atoms with Gasteiger partial charge in [0.15, 0.2) is 17.7 Å². The van der Waals surface area contributed by atoms with Crippen molar-refractivity contribution in [1.29, 1.82) is 0 Å². The van der Waals surface area contributed by atoms with E-state index in [2.05, 4.69) is 0 Å². The number of aliphatic hydroxyl groups excluding tert-OH is 1. The topological polar surface area (TPSA) is 136 Å². The number of fused-ring (bicyclic) bond motifs is 1. The molecule has 1 amide bonds. The Morgan fingerprint density at radius 3 is 2.33 bits per heavy atom. The Morgan fingerprint density at radius 1 is 1.09 bits per heavy atom. The summed E-state index contributed by atoms with van der Waals surface area (Å²) in [7, 11) is 5.34. The number of hydrogen-bond acceptors (Lipinski definition) is 11. The predicted octanol–water partition coefficient (Wildman–Crippen LogP) is 2.99. The molecule has 12 nitrogen and oxygen atoms in total. The van der Waals surface area contributed by atoms with Crippen LogP contribution in [-0.2, 0) is 33.3 Å². The average molecular weight is 610 g/mol. The molecule has 0 aromatic carbocycles. The molecule has 3 fully saturated rings. The Labute approximate surface area is 255 Å². The van der Waals surface area contributed by atoms with E-state index in [0.29, 0.717) is 19.3 Å². The number of esters is 1. The lowest BCUT2D eigenvalue weighted by molar-refractivity contribution is -0.295. The van der Waals surface area contributed by atoms with Gasteiger partial charge in [-0.3, -0.25) is 9.59 Å². The van der Waals surface area contributed by atoms with Crippen molar-refractivity contribution in [2.24, 2.45) is 28.8 Å². The summed E-state index contributed by atoms with van der Waals surface area (Å²) in [5.74, 6) is -3.45. The molecule has 0 radical (unpaired) electrons. The third-order valence-corrected chi connectivity index (χ3v) is 10.3. The van der Waals surface area contributed by atoms with Crippen LogP contribution in [0.15, 0.2) is 5.10 Å². The van der Waals surface area contributed by atoms with Gasteiger partial charge in [0, 0.05) is 30.7 Å². The Balaban J connectivity index is 1.78. The quantitative estimate of drug-likeness (QED) is 0.366. The second kappa shape index (κ2) is 12.3. The Kier molecular flexibility index (Phi) is 9.69. The highest BCUT2D eigenvalue weighted by Gasteiger charge is 2.63. The highest BCUT2D eigenvalue weighted by molar-refractivity contribution is 6.00. The molecule has 0 aromatic rings. The van der Waals surface area contributed by atoms with Crippen LogP contribution < -0.4 is 0 Å². The number of hydrogen-bond donors (Lipinski definition) is 1. The first kappa shape index (κ1) is 33.8. The minimum Gasteiger partial charge on any atom is -0.457 e. The summed E-state index contributed by atoms with van der Waals surface area (Å²) >= 11 is 0. The van der Waals surface area contributed by atoms with Gasteiger partial charge in [-0.1, -0.05) is 27.7 Å². The van der Waals surface area contributed by atoms with Gasteiger partial charge in [0.2, 0.25) is 0 Å². The second-order valence-electron chi connectivity index (χ2n) is 13.7. The number of carbonyl (C=O) groups is 3. The average Bonchev–Trinajstić information content (AvgIpc) is 3.44. The van der Waals surface area contributed by atoms with E-state index >= 15 is 0 Å². The molecule has 4 heterocycles. The van der Waals surface area contributed by atoms with Gasteiger partial charge in [0.1, 0.15) is 24.2 Å². The summed E-state index contributed by atoms with van der Waals surface area (Å²) in [5.41, 5.74) is -1.45. The number of amides is 1. The first-order valence-electron chi connectivity index (χ1n) is 15.6. The molecule has 4 aliphatic rings. The van der Waals surface area contributed by atoms with Crippen LogP contribution in [0.1, 0.15) is 74.7 Å². The number of carbonyl (C=O) groups excluding carboxylic acids is 3. The van der Waals surface area contributed by atoms with Crippen molar-refractivity contribution in [1.82, 2.24) is 9.91 Å². The van der Waals surface area contributed by atoms with E-state index in [4.69, 9.17) is 28.8 Å². The van der Waals surface area contributed by atoms with Gasteiger partial charge < -0.3 is 33.7 Å². The van der Waals surface area contributed by atoms with E-state index < -0.39 is 65.7 Å². The monoisotopic (exact) mass is 609 g/mol. The predicted molar refractivity (Wildman–Crippen MR) is 157 cm³/mol. The Hall–Kier alpha value is -2.12. The zero-order valence-corrected chi connectivity index (χ0v) is 27.5. The Morgan fingerprint density at radius 2 is 1.74 bits per heavy atom. The van der Waals surface area contributed by atoms with Gasteiger partial charge in [0.05, 0.1) is 17.8 Å². The lowest BCUT2D eigenvalue weighted by Crippen LogP contribution is -2.59. The van der Waals surface area contributed by atoms with E-state index in [1.165, 1.54) is 11.9 Å². The number of aliphatic hydroxyl groups is 1. The molecule has 0 aromatic heterocycles. The van der Waals surface area contributed by atoms with Gasteiger partial charge in [-0.25, -0.2) is 4.79 Å². The van der Waals surface area contributed by atoms with Crippen molar-refractivity contribution in [2.75, 3.05) is 21.2 Å². The smallest absolute Gasteiger partial charge is 0.431 e. The molecular formula is C31H51N3O9. The second-order valence-corrected chi connectivity index (χ2v) is 13.7. The number of hydrazone groups is 1. The van der Waals surface area contributed by atoms with E-state index in [-0.39, 0.29) is 29.8 Å². The summed E-state index contributed by atoms with van der Waals surface area (Å²) < 4.78 is 30.6. The minimum atomic E-state index is -1.16. The molecule has 13 atom stereocenters. The SMILES string of the molecule is CC[C@H]1OC(=O)[C@H](C)C(=O)[C@H](C)[C@@H](O[C@@H]2O[C@H](C)C[C@H](N(C)C)[C@H]2O)[C@](C)(OC)C[C@@H](C)C2=NN3C(=O)O[C@@]1(C)[C@H]3[C@H]2C. The van der Waals surface area contributed by atoms with Gasteiger partial charge in [0.25, 0.3) is 0 Å². The fraction of sp³-hybridized carbons (Fsp3) is 0.871. The zero-order valence-electron chi connectivity index (χ0n) is 27.5. The van der Waals surface area contributed by atoms with Crippen molar-refractivity contribution >= 4 is 23.6 Å². The number of methoxy groups -OCH3 is 1. The fourth-order valence-electron chi connectivity index (χ4n) is 7.77. The number of nitrogens with zero attached hydrogens (tertiary/aromatic N) is 3. The molecule has 2 bridgehead atoms. The maximum absolute atomic E-state index is 14.0. The molecule has 4 rings (SSSR count). The highest BCUT2D eigenvalue weighted by Crippen LogP contribution is 2.46. The molecular weight excluding hydrogens is 558 g/mol. The minimum absolute atomic E-state index is 0.190. The molecule has 1 N–H and O–H groups in total. The van der Waals surface area contributed by atoms with Gasteiger partial charge >= 0.3 is 12.1 Å². The lowest BCUT2D eigenvalue weighted by atomic mass is 9.74. The third kappa shape index (κ3) is 5.85. The van der Waals surface area contributed by atoms with E-state index in [1.807, 2.05) is 53.6 Å². The van der Waals surface area contributed by atoms with Crippen LogP contribution in [0.5, 0.6) is 0 Å². The highest BCUT2D eigenvalue weighted by atomic mass is 16.7. The van der Waals surface area contributed by atoms with Crippen molar-refractivity contribution in [3.8, 4) is 0 Å². The molecule has 4 aliphatic heterocycles. The number of rotatable bonds is 5. The molecule has 0 spiro atoms. The summed E-state index contributed by atoms with van der Waals surface area (Å²) in [6.07, 6.45) is -3.13. The third-order valence-electron chi connectivity index (χ3n) is 10.3. The molecule has 12 heteroatoms. The molecule has 0 unspecified atom stereocenters. The van der Waals surface area contributed by atoms with Gasteiger partial charge in [-0.05, 0) is 67.0 Å². The zero-order chi connectivity index (χ0) is 32.2. The summed E-state index contributed by atoms with van der Waals surface area (Å²) in [6, 6.07) is -0.707. The standard InChI is InChI=1S/C31H51N3O9/c1-12-21-31(8)25-17(4)22(32-34(25)29(38)43-31)15(2)14-30(7,39-11)26(18(5)23(35)19(6)27(37)41-21)42-28-24(36)20(33(9)10)13-16(3)40-28/h15-21,24-26,28,36H,12-14H2,1-11H3/t15-,16-,17+,18+,19-,20+,21-,24-,25-,26-,28+,30-,31-/m1/s1.